The first kappa shape index (κ1) is 18.5. The van der Waals surface area contributed by atoms with E-state index in [-0.39, 0.29) is 18.8 Å². The predicted octanol–water partition coefficient (Wildman–Crippen LogP) is 4.54. The first-order valence-corrected chi connectivity index (χ1v) is 8.11. The van der Waals surface area contributed by atoms with Gasteiger partial charge in [0, 0.05) is 5.02 Å². The summed E-state index contributed by atoms with van der Waals surface area (Å²) in [5.41, 5.74) is 0. The van der Waals surface area contributed by atoms with E-state index in [9.17, 15) is 9.59 Å². The van der Waals surface area contributed by atoms with E-state index in [1.807, 2.05) is 0 Å². The van der Waals surface area contributed by atoms with Gasteiger partial charge in [0.25, 0.3) is 0 Å². The number of benzene rings is 1. The third kappa shape index (κ3) is 8.67. The van der Waals surface area contributed by atoms with E-state index in [4.69, 9.17) is 21.1 Å². The van der Waals surface area contributed by atoms with E-state index in [2.05, 4.69) is 6.92 Å². The number of hydrogen-bond acceptors (Lipinski definition) is 4. The van der Waals surface area contributed by atoms with Crippen molar-refractivity contribution in [2.24, 2.45) is 0 Å². The highest BCUT2D eigenvalue weighted by Gasteiger charge is 2.10. The Morgan fingerprint density at radius 3 is 2.27 bits per heavy atom. The van der Waals surface area contributed by atoms with Crippen molar-refractivity contribution in [1.29, 1.82) is 0 Å². The molecule has 0 saturated carbocycles. The molecule has 122 valence electrons. The summed E-state index contributed by atoms with van der Waals surface area (Å²) in [4.78, 5) is 23.1. The van der Waals surface area contributed by atoms with Crippen LogP contribution in [0.5, 0.6) is 5.75 Å². The summed E-state index contributed by atoms with van der Waals surface area (Å²) >= 11 is 5.74. The van der Waals surface area contributed by atoms with Gasteiger partial charge in [0.1, 0.15) is 5.75 Å². The van der Waals surface area contributed by atoms with Crippen molar-refractivity contribution < 1.29 is 19.1 Å². The van der Waals surface area contributed by atoms with Crippen LogP contribution in [0.25, 0.3) is 0 Å². The molecular formula is C17H23ClO4. The number of ether oxygens (including phenoxy) is 2. The van der Waals surface area contributed by atoms with Crippen molar-refractivity contribution in [2.45, 2.75) is 51.9 Å². The zero-order valence-electron chi connectivity index (χ0n) is 13.0. The molecule has 0 unspecified atom stereocenters. The summed E-state index contributed by atoms with van der Waals surface area (Å²) < 4.78 is 10.2. The van der Waals surface area contributed by atoms with Gasteiger partial charge >= 0.3 is 11.9 Å². The number of carbonyl (C=O) groups excluding carboxylic acids is 2. The summed E-state index contributed by atoms with van der Waals surface area (Å²) in [7, 11) is 0. The van der Waals surface area contributed by atoms with E-state index in [1.165, 1.54) is 19.3 Å². The van der Waals surface area contributed by atoms with Gasteiger partial charge in [0.2, 0.25) is 0 Å². The largest absolute Gasteiger partial charge is 0.466 e. The van der Waals surface area contributed by atoms with Crippen LogP contribution < -0.4 is 4.74 Å². The standard InChI is InChI=1S/C17H23ClO4/c1-2-3-4-5-6-13-21-16(19)11-12-17(20)22-15-9-7-14(18)8-10-15/h7-10H,2-6,11-13H2,1H3. The monoisotopic (exact) mass is 326 g/mol. The Bertz CT molecular complexity index is 456. The molecule has 0 heterocycles. The lowest BCUT2D eigenvalue weighted by molar-refractivity contribution is -0.147. The molecule has 22 heavy (non-hydrogen) atoms. The van der Waals surface area contributed by atoms with E-state index in [0.717, 1.165) is 12.8 Å². The Morgan fingerprint density at radius 2 is 1.59 bits per heavy atom. The molecule has 0 aliphatic carbocycles. The summed E-state index contributed by atoms with van der Waals surface area (Å²) in [5.74, 6) is -0.399. The van der Waals surface area contributed by atoms with Crippen molar-refractivity contribution in [3.05, 3.63) is 29.3 Å². The Morgan fingerprint density at radius 1 is 0.955 bits per heavy atom. The summed E-state index contributed by atoms with van der Waals surface area (Å²) in [6.45, 7) is 2.58. The van der Waals surface area contributed by atoms with Gasteiger partial charge in [-0.1, -0.05) is 44.2 Å². The topological polar surface area (TPSA) is 52.6 Å². The molecule has 0 radical (unpaired) electrons. The summed E-state index contributed by atoms with van der Waals surface area (Å²) in [6, 6.07) is 6.48. The quantitative estimate of drug-likeness (QED) is 0.360. The van der Waals surface area contributed by atoms with Gasteiger partial charge in [-0.15, -0.1) is 0 Å². The van der Waals surface area contributed by atoms with E-state index < -0.39 is 5.97 Å². The molecule has 0 bridgehead atoms. The molecule has 4 nitrogen and oxygen atoms in total. The summed E-state index contributed by atoms with van der Waals surface area (Å²) in [6.07, 6.45) is 5.57. The normalized spacial score (nSPS) is 10.3. The van der Waals surface area contributed by atoms with Crippen LogP contribution in [0.3, 0.4) is 0 Å². The third-order valence-electron chi connectivity index (χ3n) is 3.09. The van der Waals surface area contributed by atoms with Crippen LogP contribution in [0.15, 0.2) is 24.3 Å². The van der Waals surface area contributed by atoms with E-state index in [0.29, 0.717) is 17.4 Å². The van der Waals surface area contributed by atoms with Gasteiger partial charge in [-0.2, -0.15) is 0 Å². The first-order chi connectivity index (χ1) is 10.6. The molecule has 0 fully saturated rings. The molecule has 0 amide bonds. The van der Waals surface area contributed by atoms with Crippen molar-refractivity contribution in [1.82, 2.24) is 0 Å². The molecule has 5 heteroatoms. The number of esters is 2. The van der Waals surface area contributed by atoms with Crippen molar-refractivity contribution in [3.63, 3.8) is 0 Å². The van der Waals surface area contributed by atoms with Crippen LogP contribution in [-0.4, -0.2) is 18.5 Å². The average Bonchev–Trinajstić information content (AvgIpc) is 2.51. The molecule has 0 aliphatic rings. The second-order valence-electron chi connectivity index (χ2n) is 5.06. The minimum absolute atomic E-state index is 0.0112. The second-order valence-corrected chi connectivity index (χ2v) is 5.50. The highest BCUT2D eigenvalue weighted by atomic mass is 35.5. The zero-order chi connectivity index (χ0) is 16.2. The number of unbranched alkanes of at least 4 members (excludes halogenated alkanes) is 4. The van der Waals surface area contributed by atoms with Gasteiger partial charge in [-0.05, 0) is 30.7 Å². The Labute approximate surface area is 136 Å². The van der Waals surface area contributed by atoms with Crippen LogP contribution in [-0.2, 0) is 14.3 Å². The highest BCUT2D eigenvalue weighted by molar-refractivity contribution is 6.30. The molecule has 0 spiro atoms. The van der Waals surface area contributed by atoms with Crippen LogP contribution in [0.4, 0.5) is 0 Å². The molecule has 0 aromatic heterocycles. The molecular weight excluding hydrogens is 304 g/mol. The maximum absolute atomic E-state index is 11.6. The van der Waals surface area contributed by atoms with Crippen LogP contribution in [0.2, 0.25) is 5.02 Å². The number of hydrogen-bond donors (Lipinski definition) is 0. The number of halogens is 1. The third-order valence-corrected chi connectivity index (χ3v) is 3.34. The fraction of sp³-hybridized carbons (Fsp3) is 0.529. The van der Waals surface area contributed by atoms with Crippen molar-refractivity contribution in [2.75, 3.05) is 6.61 Å². The lowest BCUT2D eigenvalue weighted by Gasteiger charge is -2.06. The minimum atomic E-state index is -0.456. The fourth-order valence-electron chi connectivity index (χ4n) is 1.85. The molecule has 0 aliphatic heterocycles. The van der Waals surface area contributed by atoms with Crippen molar-refractivity contribution in [3.8, 4) is 5.75 Å². The maximum atomic E-state index is 11.6. The van der Waals surface area contributed by atoms with Gasteiger partial charge in [-0.25, -0.2) is 0 Å². The van der Waals surface area contributed by atoms with Gasteiger partial charge < -0.3 is 9.47 Å². The van der Waals surface area contributed by atoms with Crippen molar-refractivity contribution >= 4 is 23.5 Å². The van der Waals surface area contributed by atoms with Crippen LogP contribution in [0.1, 0.15) is 51.9 Å². The highest BCUT2D eigenvalue weighted by Crippen LogP contribution is 2.16. The lowest BCUT2D eigenvalue weighted by atomic mass is 10.2. The van der Waals surface area contributed by atoms with E-state index in [1.54, 1.807) is 24.3 Å². The molecule has 0 atom stereocenters. The molecule has 0 N–H and O–H groups in total. The first-order valence-electron chi connectivity index (χ1n) is 7.73. The Balaban J connectivity index is 2.10. The smallest absolute Gasteiger partial charge is 0.311 e. The molecule has 1 aromatic rings. The summed E-state index contributed by atoms with van der Waals surface area (Å²) in [5, 5.41) is 0.572. The zero-order valence-corrected chi connectivity index (χ0v) is 13.7. The molecule has 0 saturated heterocycles. The van der Waals surface area contributed by atoms with Gasteiger partial charge in [0.15, 0.2) is 0 Å². The molecule has 1 rings (SSSR count). The van der Waals surface area contributed by atoms with Crippen LogP contribution >= 0.6 is 11.6 Å². The van der Waals surface area contributed by atoms with E-state index >= 15 is 0 Å². The number of carbonyl (C=O) groups is 2. The Hall–Kier alpha value is -1.55. The van der Waals surface area contributed by atoms with Gasteiger partial charge in [-0.3, -0.25) is 9.59 Å². The SMILES string of the molecule is CCCCCCCOC(=O)CCC(=O)Oc1ccc(Cl)cc1. The second kappa shape index (κ2) is 11.1. The number of rotatable bonds is 10. The lowest BCUT2D eigenvalue weighted by Crippen LogP contribution is -2.12. The molecule has 1 aromatic carbocycles. The predicted molar refractivity (Wildman–Crippen MR) is 86.0 cm³/mol. The maximum Gasteiger partial charge on any atom is 0.311 e. The fourth-order valence-corrected chi connectivity index (χ4v) is 1.98. The minimum Gasteiger partial charge on any atom is -0.466 e. The van der Waals surface area contributed by atoms with Crippen LogP contribution in [0, 0.1) is 0 Å². The Kier molecular flexibility index (Phi) is 9.31. The average molecular weight is 327 g/mol. The van der Waals surface area contributed by atoms with Gasteiger partial charge in [0.05, 0.1) is 19.4 Å².